The Labute approximate surface area is 157 Å². The van der Waals surface area contributed by atoms with Gasteiger partial charge >= 0.3 is 5.97 Å². The number of hydrogen-bond acceptors (Lipinski definition) is 5. The monoisotopic (exact) mass is 363 g/mol. The van der Waals surface area contributed by atoms with Crippen LogP contribution in [0.4, 0.5) is 0 Å². The lowest BCUT2D eigenvalue weighted by atomic mass is 10.1. The van der Waals surface area contributed by atoms with Gasteiger partial charge in [-0.3, -0.25) is 4.79 Å². The van der Waals surface area contributed by atoms with Crippen molar-refractivity contribution in [3.8, 4) is 0 Å². The molecule has 0 bridgehead atoms. The van der Waals surface area contributed by atoms with E-state index in [1.54, 1.807) is 18.2 Å². The van der Waals surface area contributed by atoms with E-state index in [0.29, 0.717) is 16.6 Å². The first-order valence-electron chi connectivity index (χ1n) is 8.70. The van der Waals surface area contributed by atoms with Gasteiger partial charge in [0.15, 0.2) is 6.61 Å². The quantitative estimate of drug-likeness (QED) is 0.704. The van der Waals surface area contributed by atoms with Crippen LogP contribution in [0, 0.1) is 13.8 Å². The molecule has 0 aliphatic rings. The Balaban J connectivity index is 1.61. The van der Waals surface area contributed by atoms with Crippen molar-refractivity contribution in [1.29, 1.82) is 0 Å². The Hall–Kier alpha value is -3.28. The number of aromatic nitrogens is 2. The number of nitrogens with one attached hydrogen (secondary N) is 1. The molecule has 6 heteroatoms. The third-order valence-electron chi connectivity index (χ3n) is 4.32. The van der Waals surface area contributed by atoms with Gasteiger partial charge in [0.05, 0.1) is 34.0 Å². The molecule has 0 aliphatic heterocycles. The Morgan fingerprint density at radius 1 is 1.00 bits per heavy atom. The highest BCUT2D eigenvalue weighted by Gasteiger charge is 2.14. The second kappa shape index (κ2) is 7.95. The van der Waals surface area contributed by atoms with E-state index in [1.165, 1.54) is 0 Å². The van der Waals surface area contributed by atoms with E-state index in [1.807, 2.05) is 51.1 Å². The van der Waals surface area contributed by atoms with Crippen molar-refractivity contribution < 1.29 is 14.3 Å². The molecular formula is C21H21N3O3. The highest BCUT2D eigenvalue weighted by atomic mass is 16.5. The fourth-order valence-corrected chi connectivity index (χ4v) is 2.68. The van der Waals surface area contributed by atoms with Crippen molar-refractivity contribution in [3.05, 3.63) is 71.0 Å². The predicted octanol–water partition coefficient (Wildman–Crippen LogP) is 3.28. The van der Waals surface area contributed by atoms with E-state index in [9.17, 15) is 9.59 Å². The molecular weight excluding hydrogens is 342 g/mol. The Morgan fingerprint density at radius 2 is 1.67 bits per heavy atom. The average Bonchev–Trinajstić information content (AvgIpc) is 2.67. The van der Waals surface area contributed by atoms with Crippen LogP contribution in [0.2, 0.25) is 0 Å². The number of hydrogen-bond donors (Lipinski definition) is 1. The fourth-order valence-electron chi connectivity index (χ4n) is 2.68. The van der Waals surface area contributed by atoms with Crippen LogP contribution in [-0.2, 0) is 9.53 Å². The van der Waals surface area contributed by atoms with Gasteiger partial charge in [0.2, 0.25) is 0 Å². The summed E-state index contributed by atoms with van der Waals surface area (Å²) in [6, 6.07) is 14.4. The van der Waals surface area contributed by atoms with Crippen molar-refractivity contribution in [3.63, 3.8) is 0 Å². The highest BCUT2D eigenvalue weighted by molar-refractivity contribution is 5.94. The lowest BCUT2D eigenvalue weighted by Crippen LogP contribution is -2.31. The maximum Gasteiger partial charge on any atom is 0.338 e. The van der Waals surface area contributed by atoms with Gasteiger partial charge in [-0.25, -0.2) is 14.8 Å². The van der Waals surface area contributed by atoms with Gasteiger partial charge in [-0.15, -0.1) is 0 Å². The molecule has 0 spiro atoms. The standard InChI is InChI=1S/C21H21N3O3/c1-13-14(2)23-19-11-17(9-10-18(19)22-13)21(26)27-12-20(25)24-15(3)16-7-5-4-6-8-16/h4-11,15H,12H2,1-3H3,(H,24,25)/t15-/m1/s1. The first-order valence-corrected chi connectivity index (χ1v) is 8.70. The normalized spacial score (nSPS) is 11.8. The molecule has 0 saturated carbocycles. The second-order valence-electron chi connectivity index (χ2n) is 6.37. The minimum absolute atomic E-state index is 0.167. The number of carbonyl (C=O) groups is 2. The summed E-state index contributed by atoms with van der Waals surface area (Å²) < 4.78 is 5.13. The number of ether oxygens (including phenoxy) is 1. The zero-order valence-corrected chi connectivity index (χ0v) is 15.5. The molecule has 0 unspecified atom stereocenters. The lowest BCUT2D eigenvalue weighted by Gasteiger charge is -2.14. The SMILES string of the molecule is Cc1nc2ccc(C(=O)OCC(=O)N[C@H](C)c3ccccc3)cc2nc1C. The van der Waals surface area contributed by atoms with Crippen molar-refractivity contribution in [1.82, 2.24) is 15.3 Å². The van der Waals surface area contributed by atoms with E-state index >= 15 is 0 Å². The fraction of sp³-hybridized carbons (Fsp3) is 0.238. The molecule has 1 atom stereocenters. The Morgan fingerprint density at radius 3 is 2.37 bits per heavy atom. The molecule has 0 fully saturated rings. The molecule has 27 heavy (non-hydrogen) atoms. The van der Waals surface area contributed by atoms with Gasteiger partial charge in [-0.05, 0) is 44.5 Å². The number of fused-ring (bicyclic) bond motifs is 1. The Kier molecular flexibility index (Phi) is 5.45. The number of rotatable bonds is 5. The zero-order valence-electron chi connectivity index (χ0n) is 15.5. The van der Waals surface area contributed by atoms with E-state index in [4.69, 9.17) is 4.74 Å². The van der Waals surface area contributed by atoms with Crippen LogP contribution in [0.15, 0.2) is 48.5 Å². The average molecular weight is 363 g/mol. The van der Waals surface area contributed by atoms with E-state index in [2.05, 4.69) is 15.3 Å². The summed E-state index contributed by atoms with van der Waals surface area (Å²) in [7, 11) is 0. The number of benzene rings is 2. The van der Waals surface area contributed by atoms with Crippen LogP contribution < -0.4 is 5.32 Å². The number of aryl methyl sites for hydroxylation is 2. The van der Waals surface area contributed by atoms with Crippen molar-refractivity contribution in [2.24, 2.45) is 0 Å². The minimum atomic E-state index is -0.570. The van der Waals surface area contributed by atoms with Gasteiger partial charge < -0.3 is 10.1 Å². The summed E-state index contributed by atoms with van der Waals surface area (Å²) in [5.74, 6) is -0.925. The number of esters is 1. The van der Waals surface area contributed by atoms with Gasteiger partial charge in [0, 0.05) is 0 Å². The predicted molar refractivity (Wildman–Crippen MR) is 102 cm³/mol. The highest BCUT2D eigenvalue weighted by Crippen LogP contribution is 2.15. The molecule has 3 rings (SSSR count). The van der Waals surface area contributed by atoms with Crippen LogP contribution in [0.1, 0.15) is 40.3 Å². The molecule has 0 radical (unpaired) electrons. The van der Waals surface area contributed by atoms with Gasteiger partial charge in [-0.1, -0.05) is 30.3 Å². The summed E-state index contributed by atoms with van der Waals surface area (Å²) >= 11 is 0. The van der Waals surface area contributed by atoms with Gasteiger partial charge in [0.25, 0.3) is 5.91 Å². The van der Waals surface area contributed by atoms with Gasteiger partial charge in [-0.2, -0.15) is 0 Å². The number of carbonyl (C=O) groups excluding carboxylic acids is 2. The lowest BCUT2D eigenvalue weighted by molar-refractivity contribution is -0.124. The van der Waals surface area contributed by atoms with E-state index in [-0.39, 0.29) is 18.6 Å². The van der Waals surface area contributed by atoms with Crippen molar-refractivity contribution >= 4 is 22.9 Å². The van der Waals surface area contributed by atoms with E-state index in [0.717, 1.165) is 17.0 Å². The summed E-state index contributed by atoms with van der Waals surface area (Å²) in [5.41, 5.74) is 4.31. The summed E-state index contributed by atoms with van der Waals surface area (Å²) in [5, 5.41) is 2.81. The van der Waals surface area contributed by atoms with Crippen LogP contribution in [-0.4, -0.2) is 28.5 Å². The van der Waals surface area contributed by atoms with Crippen LogP contribution >= 0.6 is 0 Å². The van der Waals surface area contributed by atoms with Crippen LogP contribution in [0.5, 0.6) is 0 Å². The maximum atomic E-state index is 12.3. The molecule has 1 N–H and O–H groups in total. The van der Waals surface area contributed by atoms with Crippen LogP contribution in [0.3, 0.4) is 0 Å². The third kappa shape index (κ3) is 4.47. The van der Waals surface area contributed by atoms with Gasteiger partial charge in [0.1, 0.15) is 0 Å². The van der Waals surface area contributed by atoms with E-state index < -0.39 is 5.97 Å². The third-order valence-corrected chi connectivity index (χ3v) is 4.32. The first-order chi connectivity index (χ1) is 12.9. The van der Waals surface area contributed by atoms with Crippen molar-refractivity contribution in [2.45, 2.75) is 26.8 Å². The molecule has 6 nitrogen and oxygen atoms in total. The smallest absolute Gasteiger partial charge is 0.338 e. The topological polar surface area (TPSA) is 81.2 Å². The number of amides is 1. The van der Waals surface area contributed by atoms with Crippen LogP contribution in [0.25, 0.3) is 11.0 Å². The van der Waals surface area contributed by atoms with Crippen molar-refractivity contribution in [2.75, 3.05) is 6.61 Å². The summed E-state index contributed by atoms with van der Waals surface area (Å²) in [4.78, 5) is 33.2. The molecule has 1 aromatic heterocycles. The Bertz CT molecular complexity index is 987. The molecule has 1 amide bonds. The zero-order chi connectivity index (χ0) is 19.4. The molecule has 1 heterocycles. The first kappa shape index (κ1) is 18.5. The number of nitrogens with zero attached hydrogens (tertiary/aromatic N) is 2. The summed E-state index contributed by atoms with van der Waals surface area (Å²) in [6.07, 6.45) is 0. The molecule has 0 aliphatic carbocycles. The minimum Gasteiger partial charge on any atom is -0.452 e. The molecule has 138 valence electrons. The molecule has 0 saturated heterocycles. The largest absolute Gasteiger partial charge is 0.452 e. The summed E-state index contributed by atoms with van der Waals surface area (Å²) in [6.45, 7) is 5.29. The maximum absolute atomic E-state index is 12.3. The molecule has 2 aromatic carbocycles. The molecule has 3 aromatic rings. The second-order valence-corrected chi connectivity index (χ2v) is 6.37.